The van der Waals surface area contributed by atoms with Gasteiger partial charge in [-0.3, -0.25) is 4.99 Å². The summed E-state index contributed by atoms with van der Waals surface area (Å²) in [6.07, 6.45) is 0.604. The van der Waals surface area contributed by atoms with Gasteiger partial charge in [-0.15, -0.1) is 0 Å². The lowest BCUT2D eigenvalue weighted by Gasteiger charge is -2.13. The number of aliphatic imine (C=N–C) groups is 1. The molecule has 0 aliphatic carbocycles. The highest BCUT2D eigenvalue weighted by Crippen LogP contribution is 2.39. The van der Waals surface area contributed by atoms with Crippen LogP contribution in [0.3, 0.4) is 0 Å². The molecule has 0 saturated carbocycles. The van der Waals surface area contributed by atoms with Gasteiger partial charge in [0.2, 0.25) is 6.43 Å². The third-order valence-electron chi connectivity index (χ3n) is 5.08. The molecule has 4 heterocycles. The van der Waals surface area contributed by atoms with Crippen LogP contribution in [0.5, 0.6) is 0 Å². The minimum absolute atomic E-state index is 0.00940. The molecule has 28 heavy (non-hydrogen) atoms. The molecule has 0 aromatic carbocycles. The maximum Gasteiger partial charge on any atom is 0.238 e. The number of pyridine rings is 1. The average Bonchev–Trinajstić information content (AvgIpc) is 3.21. The molecule has 1 aliphatic rings. The molecular formula is C20H22F2N6. The van der Waals surface area contributed by atoms with E-state index >= 15 is 0 Å². The summed E-state index contributed by atoms with van der Waals surface area (Å²) >= 11 is 0. The number of halogens is 2. The lowest BCUT2D eigenvalue weighted by atomic mass is 9.94. The fourth-order valence-corrected chi connectivity index (χ4v) is 3.77. The molecule has 1 aliphatic heterocycles. The average molecular weight is 384 g/mol. The summed E-state index contributed by atoms with van der Waals surface area (Å²) in [4.78, 5) is 13.9. The van der Waals surface area contributed by atoms with Crippen molar-refractivity contribution in [2.45, 2.75) is 45.5 Å². The highest BCUT2D eigenvalue weighted by atomic mass is 19.3. The summed E-state index contributed by atoms with van der Waals surface area (Å²) in [5, 5.41) is 7.55. The molecule has 0 radical (unpaired) electrons. The van der Waals surface area contributed by atoms with Crippen molar-refractivity contribution < 1.29 is 8.78 Å². The first-order chi connectivity index (χ1) is 13.5. The van der Waals surface area contributed by atoms with Crippen LogP contribution in [-0.4, -0.2) is 38.8 Å². The summed E-state index contributed by atoms with van der Waals surface area (Å²) in [7, 11) is 1.82. The van der Waals surface area contributed by atoms with Crippen LogP contribution in [0.15, 0.2) is 29.4 Å². The van der Waals surface area contributed by atoms with Crippen LogP contribution in [0.1, 0.15) is 43.6 Å². The second-order valence-corrected chi connectivity index (χ2v) is 7.01. The smallest absolute Gasteiger partial charge is 0.238 e. The fourth-order valence-electron chi connectivity index (χ4n) is 3.77. The quantitative estimate of drug-likeness (QED) is 0.665. The topological polar surface area (TPSA) is 67.5 Å². The molecule has 146 valence electrons. The maximum absolute atomic E-state index is 12.5. The molecular weight excluding hydrogens is 362 g/mol. The first kappa shape index (κ1) is 18.5. The molecule has 1 atom stereocenters. The van der Waals surface area contributed by atoms with Gasteiger partial charge in [0.1, 0.15) is 11.3 Å². The second kappa shape index (κ2) is 7.26. The first-order valence-electron chi connectivity index (χ1n) is 9.36. The van der Waals surface area contributed by atoms with Gasteiger partial charge in [0.05, 0.1) is 17.1 Å². The molecule has 0 fully saturated rings. The van der Waals surface area contributed by atoms with E-state index in [1.807, 2.05) is 45.3 Å². The van der Waals surface area contributed by atoms with E-state index < -0.39 is 6.43 Å². The Hall–Kier alpha value is -2.90. The third-order valence-corrected chi connectivity index (χ3v) is 5.08. The van der Waals surface area contributed by atoms with Crippen LogP contribution in [0, 0.1) is 6.92 Å². The largest absolute Gasteiger partial charge is 0.371 e. The fraction of sp³-hybridized carbons (Fsp3) is 0.400. The number of rotatable bonds is 6. The maximum atomic E-state index is 12.5. The van der Waals surface area contributed by atoms with E-state index in [9.17, 15) is 8.78 Å². The predicted molar refractivity (Wildman–Crippen MR) is 106 cm³/mol. The van der Waals surface area contributed by atoms with Gasteiger partial charge in [-0.25, -0.2) is 23.3 Å². The number of nitrogens with zero attached hydrogens (tertiary/aromatic N) is 5. The highest BCUT2D eigenvalue weighted by Gasteiger charge is 2.27. The number of alkyl halides is 2. The Morgan fingerprint density at radius 1 is 1.18 bits per heavy atom. The van der Waals surface area contributed by atoms with Gasteiger partial charge in [0.15, 0.2) is 5.82 Å². The molecule has 0 saturated heterocycles. The van der Waals surface area contributed by atoms with Crippen molar-refractivity contribution in [3.63, 3.8) is 0 Å². The summed E-state index contributed by atoms with van der Waals surface area (Å²) in [5.74, 6) is 1.39. The molecule has 3 aromatic rings. The summed E-state index contributed by atoms with van der Waals surface area (Å²) < 4.78 is 26.9. The number of fused-ring (bicyclic) bond motifs is 2. The van der Waals surface area contributed by atoms with Gasteiger partial charge in [-0.05, 0) is 44.9 Å². The number of aryl methyl sites for hydroxylation is 1. The highest BCUT2D eigenvalue weighted by molar-refractivity contribution is 5.96. The molecule has 6 nitrogen and oxygen atoms in total. The van der Waals surface area contributed by atoms with Crippen LogP contribution in [0.4, 0.5) is 20.3 Å². The standard InChI is InChI=1S/C20H22F2N6/c1-11-13(5-4-6-17(21)22)18-16(24-11)8-7-15(26-18)14-9-10-28-19(14)20(23-3)25-12(2)27-28/h7-10,13,17H,4-6H2,1-3H3,(H,23,25,27). The zero-order valence-corrected chi connectivity index (χ0v) is 16.1. The zero-order chi connectivity index (χ0) is 19.8. The van der Waals surface area contributed by atoms with Crippen molar-refractivity contribution in [2.24, 2.45) is 4.99 Å². The third kappa shape index (κ3) is 3.23. The molecule has 0 amide bonds. The molecule has 1 unspecified atom stereocenters. The molecule has 1 N–H and O–H groups in total. The number of hydrogen-bond donors (Lipinski definition) is 1. The minimum atomic E-state index is -2.27. The van der Waals surface area contributed by atoms with Gasteiger partial charge >= 0.3 is 0 Å². The van der Waals surface area contributed by atoms with Crippen LogP contribution in [0.25, 0.3) is 16.8 Å². The van der Waals surface area contributed by atoms with Crippen molar-refractivity contribution in [1.29, 1.82) is 0 Å². The Kier molecular flexibility index (Phi) is 4.78. The van der Waals surface area contributed by atoms with Crippen molar-refractivity contribution in [1.82, 2.24) is 19.6 Å². The first-order valence-corrected chi connectivity index (χ1v) is 9.36. The van der Waals surface area contributed by atoms with E-state index in [1.54, 1.807) is 4.52 Å². The van der Waals surface area contributed by atoms with Crippen molar-refractivity contribution in [3.8, 4) is 11.3 Å². The van der Waals surface area contributed by atoms with E-state index in [0.29, 0.717) is 18.7 Å². The molecule has 0 spiro atoms. The number of nitrogens with one attached hydrogen (secondary N) is 1. The predicted octanol–water partition coefficient (Wildman–Crippen LogP) is 4.77. The Bertz CT molecular complexity index is 1060. The number of anilines is 1. The lowest BCUT2D eigenvalue weighted by Crippen LogP contribution is -2.07. The molecule has 8 heteroatoms. The lowest BCUT2D eigenvalue weighted by molar-refractivity contribution is 0.134. The number of hydrogen-bond acceptors (Lipinski definition) is 5. The van der Waals surface area contributed by atoms with Gasteiger partial charge in [0, 0.05) is 36.9 Å². The number of aromatic nitrogens is 4. The van der Waals surface area contributed by atoms with Crippen molar-refractivity contribution in [3.05, 3.63) is 35.9 Å². The van der Waals surface area contributed by atoms with Gasteiger partial charge < -0.3 is 5.32 Å². The Balaban J connectivity index is 1.73. The zero-order valence-electron chi connectivity index (χ0n) is 16.1. The Morgan fingerprint density at radius 3 is 2.75 bits per heavy atom. The Morgan fingerprint density at radius 2 is 2.00 bits per heavy atom. The van der Waals surface area contributed by atoms with Gasteiger partial charge in [-0.2, -0.15) is 5.10 Å². The summed E-state index contributed by atoms with van der Waals surface area (Å²) in [6, 6.07) is 5.85. The minimum Gasteiger partial charge on any atom is -0.371 e. The van der Waals surface area contributed by atoms with Gasteiger partial charge in [-0.1, -0.05) is 0 Å². The molecule has 0 bridgehead atoms. The van der Waals surface area contributed by atoms with E-state index in [4.69, 9.17) is 4.98 Å². The van der Waals surface area contributed by atoms with Crippen LogP contribution in [0.2, 0.25) is 0 Å². The van der Waals surface area contributed by atoms with Crippen LogP contribution >= 0.6 is 0 Å². The van der Waals surface area contributed by atoms with E-state index in [0.717, 1.165) is 39.7 Å². The van der Waals surface area contributed by atoms with Crippen LogP contribution in [-0.2, 0) is 0 Å². The molecule has 3 aromatic heterocycles. The normalized spacial score (nSPS) is 15.9. The monoisotopic (exact) mass is 384 g/mol. The Labute approximate surface area is 161 Å². The van der Waals surface area contributed by atoms with E-state index in [2.05, 4.69) is 20.4 Å². The van der Waals surface area contributed by atoms with E-state index in [1.165, 1.54) is 0 Å². The molecule has 4 rings (SSSR count). The van der Waals surface area contributed by atoms with Crippen LogP contribution < -0.4 is 5.32 Å². The second-order valence-electron chi connectivity index (χ2n) is 7.01. The van der Waals surface area contributed by atoms with Crippen molar-refractivity contribution in [2.75, 3.05) is 12.4 Å². The van der Waals surface area contributed by atoms with Crippen molar-refractivity contribution >= 4 is 22.7 Å². The summed E-state index contributed by atoms with van der Waals surface area (Å²) in [6.45, 7) is 3.79. The van der Waals surface area contributed by atoms with Gasteiger partial charge in [0.25, 0.3) is 0 Å². The SMILES string of the molecule is CNc1nc(C)nn2ccc(-c3ccc4c(n3)C(CCCC(F)F)C(C)=N4)c12. The van der Waals surface area contributed by atoms with E-state index in [-0.39, 0.29) is 12.3 Å². The summed E-state index contributed by atoms with van der Waals surface area (Å²) in [5.41, 5.74) is 5.20.